The summed E-state index contributed by atoms with van der Waals surface area (Å²) in [6.07, 6.45) is 3.24. The molecule has 0 aliphatic carbocycles. The highest BCUT2D eigenvalue weighted by Gasteiger charge is 2.27. The number of thioether (sulfide) groups is 1. The first-order chi connectivity index (χ1) is 16.8. The zero-order chi connectivity index (χ0) is 25.3. The van der Waals surface area contributed by atoms with Crippen molar-refractivity contribution in [2.75, 3.05) is 30.3 Å². The van der Waals surface area contributed by atoms with Crippen molar-refractivity contribution in [2.24, 2.45) is 0 Å². The summed E-state index contributed by atoms with van der Waals surface area (Å²) < 4.78 is 47.3. The molecule has 0 aromatic heterocycles. The Bertz CT molecular complexity index is 1230. The molecule has 0 atom stereocenters. The molecular formula is C26H29FN2O4S2. The van der Waals surface area contributed by atoms with Crippen molar-refractivity contribution >= 4 is 33.4 Å². The summed E-state index contributed by atoms with van der Waals surface area (Å²) in [7, 11) is -4.10. The fourth-order valence-corrected chi connectivity index (χ4v) is 5.34. The minimum atomic E-state index is -4.10. The Balaban J connectivity index is 1.70. The number of aryl methyl sites for hydroxylation is 1. The van der Waals surface area contributed by atoms with Crippen molar-refractivity contribution in [1.82, 2.24) is 5.32 Å². The van der Waals surface area contributed by atoms with Crippen LogP contribution in [0.4, 0.5) is 10.1 Å². The number of benzene rings is 3. The maximum Gasteiger partial charge on any atom is 0.264 e. The van der Waals surface area contributed by atoms with E-state index in [1.807, 2.05) is 37.4 Å². The van der Waals surface area contributed by atoms with Crippen LogP contribution in [-0.4, -0.2) is 40.3 Å². The molecule has 0 radical (unpaired) electrons. The first kappa shape index (κ1) is 26.6. The van der Waals surface area contributed by atoms with E-state index in [0.717, 1.165) is 26.6 Å². The highest BCUT2D eigenvalue weighted by molar-refractivity contribution is 7.98. The van der Waals surface area contributed by atoms with Crippen molar-refractivity contribution < 1.29 is 22.3 Å². The van der Waals surface area contributed by atoms with Crippen molar-refractivity contribution in [2.45, 2.75) is 29.6 Å². The average Bonchev–Trinajstić information content (AvgIpc) is 2.86. The van der Waals surface area contributed by atoms with Crippen LogP contribution < -0.4 is 14.4 Å². The first-order valence-corrected chi connectivity index (χ1v) is 13.9. The van der Waals surface area contributed by atoms with E-state index < -0.39 is 28.3 Å². The Labute approximate surface area is 210 Å². The van der Waals surface area contributed by atoms with Gasteiger partial charge in [-0.3, -0.25) is 9.10 Å². The van der Waals surface area contributed by atoms with E-state index in [2.05, 4.69) is 5.32 Å². The Morgan fingerprint density at radius 3 is 2.49 bits per heavy atom. The molecule has 35 heavy (non-hydrogen) atoms. The molecule has 6 nitrogen and oxygen atoms in total. The second-order valence-corrected chi connectivity index (χ2v) is 10.4. The van der Waals surface area contributed by atoms with E-state index in [1.165, 1.54) is 42.1 Å². The minimum Gasteiger partial charge on any atom is -0.494 e. The van der Waals surface area contributed by atoms with Gasteiger partial charge in [-0.05, 0) is 80.1 Å². The van der Waals surface area contributed by atoms with Gasteiger partial charge in [0.2, 0.25) is 5.91 Å². The van der Waals surface area contributed by atoms with Gasteiger partial charge in [0.1, 0.15) is 18.1 Å². The van der Waals surface area contributed by atoms with Gasteiger partial charge in [-0.25, -0.2) is 12.8 Å². The third kappa shape index (κ3) is 7.22. The van der Waals surface area contributed by atoms with Gasteiger partial charge in [-0.2, -0.15) is 0 Å². The fourth-order valence-electron chi connectivity index (χ4n) is 3.52. The number of nitrogens with zero attached hydrogens (tertiary/aromatic N) is 1. The number of rotatable bonds is 12. The zero-order valence-electron chi connectivity index (χ0n) is 19.7. The number of halogens is 1. The molecular weight excluding hydrogens is 487 g/mol. The molecule has 186 valence electrons. The van der Waals surface area contributed by atoms with Gasteiger partial charge in [0.15, 0.2) is 0 Å². The predicted molar refractivity (Wildman–Crippen MR) is 138 cm³/mol. The number of carbonyl (C=O) groups excluding carboxylic acids is 1. The quantitative estimate of drug-likeness (QED) is 0.274. The van der Waals surface area contributed by atoms with Crippen LogP contribution in [0.1, 0.15) is 18.9 Å². The molecule has 0 fully saturated rings. The van der Waals surface area contributed by atoms with Crippen molar-refractivity contribution in [1.29, 1.82) is 0 Å². The normalized spacial score (nSPS) is 11.2. The topological polar surface area (TPSA) is 75.7 Å². The van der Waals surface area contributed by atoms with Crippen LogP contribution in [0.3, 0.4) is 0 Å². The van der Waals surface area contributed by atoms with Gasteiger partial charge in [0.25, 0.3) is 10.0 Å². The van der Waals surface area contributed by atoms with Gasteiger partial charge in [0, 0.05) is 11.4 Å². The standard InChI is InChI=1S/C26H29FN2O4S2/c1-3-33-25-12-5-4-8-20(25)9-7-17-28-26(30)19-29(22-11-6-10-21(27)18-22)35(31,32)24-15-13-23(34-2)14-16-24/h4-6,8,10-16,18H,3,7,9,17,19H2,1-2H3,(H,28,30). The molecule has 3 aromatic rings. The van der Waals surface area contributed by atoms with Gasteiger partial charge in [-0.15, -0.1) is 11.8 Å². The molecule has 0 saturated carbocycles. The minimum absolute atomic E-state index is 0.0277. The van der Waals surface area contributed by atoms with E-state index >= 15 is 0 Å². The second-order valence-electron chi connectivity index (χ2n) is 7.66. The van der Waals surface area contributed by atoms with E-state index in [1.54, 1.807) is 12.1 Å². The largest absolute Gasteiger partial charge is 0.494 e. The summed E-state index contributed by atoms with van der Waals surface area (Å²) in [5.41, 5.74) is 1.13. The number of nitrogens with one attached hydrogen (secondary N) is 1. The molecule has 0 heterocycles. The van der Waals surface area contributed by atoms with Crippen molar-refractivity contribution in [3.63, 3.8) is 0 Å². The van der Waals surface area contributed by atoms with Gasteiger partial charge in [0.05, 0.1) is 17.2 Å². The molecule has 3 aromatic carbocycles. The fraction of sp³-hybridized carbons (Fsp3) is 0.269. The maximum atomic E-state index is 13.9. The summed E-state index contributed by atoms with van der Waals surface area (Å²) in [5, 5.41) is 2.78. The number of ether oxygens (including phenoxy) is 1. The van der Waals surface area contributed by atoms with E-state index in [9.17, 15) is 17.6 Å². The molecule has 3 rings (SSSR count). The lowest BCUT2D eigenvalue weighted by molar-refractivity contribution is -0.119. The molecule has 0 saturated heterocycles. The molecule has 1 amide bonds. The second kappa shape index (κ2) is 12.6. The molecule has 0 aliphatic rings. The summed E-state index contributed by atoms with van der Waals surface area (Å²) >= 11 is 1.49. The number of carbonyl (C=O) groups is 1. The van der Waals surface area contributed by atoms with Crippen LogP contribution in [0.15, 0.2) is 82.6 Å². The predicted octanol–water partition coefficient (Wildman–Crippen LogP) is 4.89. The first-order valence-electron chi connectivity index (χ1n) is 11.2. The van der Waals surface area contributed by atoms with Crippen LogP contribution in [0, 0.1) is 5.82 Å². The third-order valence-electron chi connectivity index (χ3n) is 5.25. The summed E-state index contributed by atoms with van der Waals surface area (Å²) in [4.78, 5) is 13.7. The lowest BCUT2D eigenvalue weighted by Crippen LogP contribution is -2.41. The van der Waals surface area contributed by atoms with E-state index in [4.69, 9.17) is 4.74 Å². The number of anilines is 1. The van der Waals surface area contributed by atoms with Gasteiger partial charge < -0.3 is 10.1 Å². The van der Waals surface area contributed by atoms with Crippen molar-refractivity contribution in [3.05, 3.63) is 84.2 Å². The molecule has 0 bridgehead atoms. The Kier molecular flexibility index (Phi) is 9.56. The summed E-state index contributed by atoms with van der Waals surface area (Å²) in [5.74, 6) is -0.248. The number of para-hydroxylation sites is 1. The van der Waals surface area contributed by atoms with Crippen LogP contribution >= 0.6 is 11.8 Å². The molecule has 9 heteroatoms. The Morgan fingerprint density at radius 2 is 1.80 bits per heavy atom. The Hall–Kier alpha value is -3.04. The number of sulfonamides is 1. The molecule has 0 spiro atoms. The monoisotopic (exact) mass is 516 g/mol. The maximum absolute atomic E-state index is 13.9. The summed E-state index contributed by atoms with van der Waals surface area (Å²) in [6.45, 7) is 2.38. The number of hydrogen-bond donors (Lipinski definition) is 1. The number of amides is 1. The smallest absolute Gasteiger partial charge is 0.264 e. The SMILES string of the molecule is CCOc1ccccc1CCCNC(=O)CN(c1cccc(F)c1)S(=O)(=O)c1ccc(SC)cc1. The lowest BCUT2D eigenvalue weighted by Gasteiger charge is -2.24. The van der Waals surface area contributed by atoms with Gasteiger partial charge in [-0.1, -0.05) is 24.3 Å². The summed E-state index contributed by atoms with van der Waals surface area (Å²) in [6, 6.07) is 19.3. The molecule has 0 aliphatic heterocycles. The van der Waals surface area contributed by atoms with Crippen molar-refractivity contribution in [3.8, 4) is 5.75 Å². The van der Waals surface area contributed by atoms with Gasteiger partial charge >= 0.3 is 0 Å². The highest BCUT2D eigenvalue weighted by Crippen LogP contribution is 2.26. The highest BCUT2D eigenvalue weighted by atomic mass is 32.2. The van der Waals surface area contributed by atoms with Crippen LogP contribution in [0.5, 0.6) is 5.75 Å². The number of hydrogen-bond acceptors (Lipinski definition) is 5. The molecule has 0 unspecified atom stereocenters. The Morgan fingerprint density at radius 1 is 1.06 bits per heavy atom. The molecule has 1 N–H and O–H groups in total. The van der Waals surface area contributed by atoms with E-state index in [0.29, 0.717) is 26.0 Å². The average molecular weight is 517 g/mol. The van der Waals surface area contributed by atoms with Crippen LogP contribution in [0.25, 0.3) is 0 Å². The lowest BCUT2D eigenvalue weighted by atomic mass is 10.1. The van der Waals surface area contributed by atoms with E-state index in [-0.39, 0.29) is 10.6 Å². The van der Waals surface area contributed by atoms with Crippen LogP contribution in [-0.2, 0) is 21.2 Å². The van der Waals surface area contributed by atoms with Crippen LogP contribution in [0.2, 0.25) is 0 Å². The zero-order valence-corrected chi connectivity index (χ0v) is 21.4. The third-order valence-corrected chi connectivity index (χ3v) is 7.78.